The van der Waals surface area contributed by atoms with Crippen LogP contribution in [0.4, 0.5) is 8.78 Å². The highest BCUT2D eigenvalue weighted by Crippen LogP contribution is 2.48. The van der Waals surface area contributed by atoms with Crippen LogP contribution in [0.25, 0.3) is 0 Å². The Morgan fingerprint density at radius 2 is 1.75 bits per heavy atom. The first kappa shape index (κ1) is 11.8. The first-order valence-corrected chi connectivity index (χ1v) is 7.04. The van der Waals surface area contributed by atoms with E-state index < -0.39 is 25.4 Å². The lowest BCUT2D eigenvalue weighted by Crippen LogP contribution is -2.22. The van der Waals surface area contributed by atoms with Crippen LogP contribution in [-0.2, 0) is 15.5 Å². The minimum Gasteiger partial charge on any atom is -0.212 e. The van der Waals surface area contributed by atoms with E-state index in [1.807, 2.05) is 0 Å². The number of hydrogen-bond donors (Lipinski definition) is 0. The van der Waals surface area contributed by atoms with Crippen molar-refractivity contribution in [3.8, 4) is 0 Å². The molecule has 0 aromatic heterocycles. The maximum absolute atomic E-state index is 13.3. The van der Waals surface area contributed by atoms with Crippen LogP contribution in [0.2, 0.25) is 0 Å². The molecule has 0 amide bonds. The summed E-state index contributed by atoms with van der Waals surface area (Å²) in [5, 5.41) is 0. The maximum atomic E-state index is 13.3. The van der Waals surface area contributed by atoms with Gasteiger partial charge in [0.15, 0.2) is 0 Å². The number of hydrogen-bond acceptors (Lipinski definition) is 2. The lowest BCUT2D eigenvalue weighted by Gasteiger charge is -2.12. The summed E-state index contributed by atoms with van der Waals surface area (Å²) in [4.78, 5) is 0. The summed E-state index contributed by atoms with van der Waals surface area (Å²) >= 11 is 0. The largest absolute Gasteiger partial charge is 0.238 e. The van der Waals surface area contributed by atoms with E-state index in [4.69, 9.17) is 10.7 Å². The van der Waals surface area contributed by atoms with Gasteiger partial charge < -0.3 is 0 Å². The summed E-state index contributed by atoms with van der Waals surface area (Å²) in [5.41, 5.74) is -0.204. The zero-order valence-electron chi connectivity index (χ0n) is 8.21. The highest BCUT2D eigenvalue weighted by atomic mass is 35.7. The van der Waals surface area contributed by atoms with Crippen molar-refractivity contribution in [2.45, 2.75) is 24.0 Å². The molecule has 1 fully saturated rings. The number of halogens is 3. The molecule has 2 nitrogen and oxygen atoms in total. The van der Waals surface area contributed by atoms with Crippen molar-refractivity contribution in [2.75, 3.05) is 0 Å². The lowest BCUT2D eigenvalue weighted by molar-refractivity contribution is 0.543. The Hall–Kier alpha value is -0.680. The average Bonchev–Trinajstić information content (AvgIpc) is 2.91. The van der Waals surface area contributed by atoms with Gasteiger partial charge in [-0.25, -0.2) is 17.2 Å². The van der Waals surface area contributed by atoms with E-state index in [2.05, 4.69) is 0 Å². The summed E-state index contributed by atoms with van der Waals surface area (Å²) in [6.45, 7) is 0. The van der Waals surface area contributed by atoms with Crippen molar-refractivity contribution >= 4 is 19.7 Å². The minimum absolute atomic E-state index is 0.197. The third-order valence-corrected chi connectivity index (χ3v) is 5.45. The van der Waals surface area contributed by atoms with Crippen LogP contribution in [-0.4, -0.2) is 13.2 Å². The average molecular weight is 267 g/mol. The van der Waals surface area contributed by atoms with Gasteiger partial charge in [0.2, 0.25) is 9.05 Å². The maximum Gasteiger partial charge on any atom is 0.238 e. The summed E-state index contributed by atoms with van der Waals surface area (Å²) in [6, 6.07) is 3.45. The highest BCUT2D eigenvalue weighted by molar-refractivity contribution is 8.15. The molecule has 0 heterocycles. The normalized spacial score (nSPS) is 18.4. The van der Waals surface area contributed by atoms with Gasteiger partial charge in [-0.1, -0.05) is 6.07 Å². The summed E-state index contributed by atoms with van der Waals surface area (Å²) < 4.78 is 48.0. The summed E-state index contributed by atoms with van der Waals surface area (Å²) in [6.07, 6.45) is 0.510. The van der Waals surface area contributed by atoms with Crippen LogP contribution < -0.4 is 0 Å². The molecular weight excluding hydrogens is 258 g/mol. The second-order valence-corrected chi connectivity index (χ2v) is 6.96. The Morgan fingerprint density at radius 1 is 1.25 bits per heavy atom. The topological polar surface area (TPSA) is 34.1 Å². The Labute approximate surface area is 96.6 Å². The first-order chi connectivity index (χ1) is 7.36. The van der Waals surface area contributed by atoms with E-state index in [1.165, 1.54) is 6.07 Å². The molecule has 0 unspecified atom stereocenters. The lowest BCUT2D eigenvalue weighted by atomic mass is 10.1. The van der Waals surface area contributed by atoms with Gasteiger partial charge in [0.1, 0.15) is 11.6 Å². The van der Waals surface area contributed by atoms with Crippen molar-refractivity contribution in [2.24, 2.45) is 0 Å². The number of rotatable bonds is 3. The van der Waals surface area contributed by atoms with Crippen LogP contribution in [0, 0.1) is 11.6 Å². The molecule has 0 atom stereocenters. The molecular formula is C10H9ClF2O2S. The molecule has 0 radical (unpaired) electrons. The van der Waals surface area contributed by atoms with Gasteiger partial charge in [-0.05, 0) is 31.4 Å². The fourth-order valence-electron chi connectivity index (χ4n) is 1.67. The van der Waals surface area contributed by atoms with E-state index in [0.29, 0.717) is 12.8 Å². The van der Waals surface area contributed by atoms with Crippen LogP contribution >= 0.6 is 10.7 Å². The van der Waals surface area contributed by atoms with Crippen LogP contribution in [0.3, 0.4) is 0 Å². The van der Waals surface area contributed by atoms with Gasteiger partial charge in [0.05, 0.1) is 4.75 Å². The zero-order chi connectivity index (χ0) is 12.0. The molecule has 0 saturated heterocycles. The van der Waals surface area contributed by atoms with Crippen molar-refractivity contribution < 1.29 is 17.2 Å². The van der Waals surface area contributed by atoms with Crippen LogP contribution in [0.5, 0.6) is 0 Å². The van der Waals surface area contributed by atoms with E-state index in [0.717, 1.165) is 12.1 Å². The molecule has 1 saturated carbocycles. The predicted octanol–water partition coefficient (Wildman–Crippen LogP) is 2.61. The Morgan fingerprint density at radius 3 is 2.12 bits per heavy atom. The quantitative estimate of drug-likeness (QED) is 0.788. The minimum atomic E-state index is -3.78. The second kappa shape index (κ2) is 3.67. The Kier molecular flexibility index (Phi) is 2.70. The molecule has 2 rings (SSSR count). The zero-order valence-corrected chi connectivity index (χ0v) is 9.78. The molecule has 0 spiro atoms. The van der Waals surface area contributed by atoms with Gasteiger partial charge in [0.25, 0.3) is 0 Å². The van der Waals surface area contributed by atoms with E-state index in [9.17, 15) is 17.2 Å². The van der Waals surface area contributed by atoms with Gasteiger partial charge in [0, 0.05) is 16.2 Å². The summed E-state index contributed by atoms with van der Waals surface area (Å²) in [7, 11) is 1.49. The SMILES string of the molecule is O=S(=O)(Cl)C1(Cc2c(F)cccc2F)CC1. The van der Waals surface area contributed by atoms with Crippen molar-refractivity contribution in [1.29, 1.82) is 0 Å². The van der Waals surface area contributed by atoms with Crippen molar-refractivity contribution in [3.63, 3.8) is 0 Å². The second-order valence-electron chi connectivity index (χ2n) is 4.00. The molecule has 1 aromatic carbocycles. The molecule has 0 N–H and O–H groups in total. The molecule has 1 aliphatic rings. The smallest absolute Gasteiger partial charge is 0.212 e. The van der Waals surface area contributed by atoms with E-state index in [1.54, 1.807) is 0 Å². The standard InChI is InChI=1S/C10H9ClF2O2S/c11-16(14,15)10(4-5-10)6-7-8(12)2-1-3-9(7)13/h1-3H,4-6H2. The van der Waals surface area contributed by atoms with Gasteiger partial charge >= 0.3 is 0 Å². The Bertz CT molecular complexity index is 503. The highest BCUT2D eigenvalue weighted by Gasteiger charge is 2.54. The third kappa shape index (κ3) is 1.94. The van der Waals surface area contributed by atoms with Crippen molar-refractivity contribution in [1.82, 2.24) is 0 Å². The fourth-order valence-corrected chi connectivity index (χ4v) is 3.20. The fraction of sp³-hybridized carbons (Fsp3) is 0.400. The van der Waals surface area contributed by atoms with Crippen LogP contribution in [0.1, 0.15) is 18.4 Å². The first-order valence-electron chi connectivity index (χ1n) is 4.73. The van der Waals surface area contributed by atoms with Gasteiger partial charge in [-0.2, -0.15) is 0 Å². The third-order valence-electron chi connectivity index (χ3n) is 2.89. The van der Waals surface area contributed by atoms with Crippen molar-refractivity contribution in [3.05, 3.63) is 35.4 Å². The molecule has 0 bridgehead atoms. The molecule has 16 heavy (non-hydrogen) atoms. The monoisotopic (exact) mass is 266 g/mol. The molecule has 1 aliphatic carbocycles. The van der Waals surface area contributed by atoms with Gasteiger partial charge in [-0.15, -0.1) is 0 Å². The molecule has 1 aromatic rings. The van der Waals surface area contributed by atoms with E-state index in [-0.39, 0.29) is 12.0 Å². The molecule has 88 valence electrons. The van der Waals surface area contributed by atoms with Gasteiger partial charge in [-0.3, -0.25) is 0 Å². The number of benzene rings is 1. The molecule has 0 aliphatic heterocycles. The van der Waals surface area contributed by atoms with E-state index >= 15 is 0 Å². The molecule has 6 heteroatoms. The Balaban J connectivity index is 2.36. The van der Waals surface area contributed by atoms with Crippen LogP contribution in [0.15, 0.2) is 18.2 Å². The summed E-state index contributed by atoms with van der Waals surface area (Å²) in [5.74, 6) is -1.46. The predicted molar refractivity (Wildman–Crippen MR) is 56.8 cm³/mol.